The zero-order chi connectivity index (χ0) is 16.9. The van der Waals surface area contributed by atoms with Gasteiger partial charge in [-0.05, 0) is 42.8 Å². The molecule has 0 aliphatic carbocycles. The van der Waals surface area contributed by atoms with Gasteiger partial charge in [-0.2, -0.15) is 0 Å². The van der Waals surface area contributed by atoms with Crippen LogP contribution in [0.2, 0.25) is 0 Å². The molecular weight excluding hydrogens is 359 g/mol. The lowest BCUT2D eigenvalue weighted by atomic mass is 10.2. The minimum Gasteiger partial charge on any atom is -0.437 e. The van der Waals surface area contributed by atoms with Crippen molar-refractivity contribution < 1.29 is 23.5 Å². The quantitative estimate of drug-likeness (QED) is 0.452. The minimum atomic E-state index is -0.949. The molecule has 0 bridgehead atoms. The van der Waals surface area contributed by atoms with Crippen LogP contribution in [0.1, 0.15) is 20.8 Å². The molecule has 120 valence electrons. The van der Waals surface area contributed by atoms with Gasteiger partial charge in [0.15, 0.2) is 5.75 Å². The number of aliphatic imine (C=N–C) groups is 1. The normalized spacial score (nSPS) is 9.91. The van der Waals surface area contributed by atoms with Gasteiger partial charge in [-0.3, -0.25) is 4.90 Å². The van der Waals surface area contributed by atoms with Gasteiger partial charge in [0.1, 0.15) is 5.82 Å². The third-order valence-corrected chi connectivity index (χ3v) is 3.14. The molecule has 8 heteroatoms. The molecular formula is C14H16BrFN2O4. The topological polar surface area (TPSA) is 68.2 Å². The monoisotopic (exact) mass is 374 g/mol. The van der Waals surface area contributed by atoms with Gasteiger partial charge in [0, 0.05) is 18.3 Å². The van der Waals surface area contributed by atoms with E-state index in [4.69, 9.17) is 4.74 Å². The van der Waals surface area contributed by atoms with E-state index in [-0.39, 0.29) is 22.5 Å². The first-order valence-corrected chi connectivity index (χ1v) is 7.17. The minimum absolute atomic E-state index is 0.0340. The van der Waals surface area contributed by atoms with E-state index in [1.54, 1.807) is 20.8 Å². The molecule has 0 saturated heterocycles. The van der Waals surface area contributed by atoms with Crippen molar-refractivity contribution in [1.29, 1.82) is 0 Å². The Morgan fingerprint density at radius 2 is 2.00 bits per heavy atom. The van der Waals surface area contributed by atoms with E-state index >= 15 is 0 Å². The summed E-state index contributed by atoms with van der Waals surface area (Å²) < 4.78 is 23.6. The van der Waals surface area contributed by atoms with Crippen LogP contribution in [-0.4, -0.2) is 31.6 Å². The largest absolute Gasteiger partial charge is 0.513 e. The van der Waals surface area contributed by atoms with E-state index in [1.807, 2.05) is 0 Å². The average Bonchev–Trinajstić information content (AvgIpc) is 2.43. The highest BCUT2D eigenvalue weighted by Crippen LogP contribution is 2.33. The first-order chi connectivity index (χ1) is 10.3. The summed E-state index contributed by atoms with van der Waals surface area (Å²) in [5.74, 6) is -0.616. The molecule has 0 aliphatic heterocycles. The highest BCUT2D eigenvalue weighted by Gasteiger charge is 2.21. The molecule has 1 aromatic rings. The molecule has 0 unspecified atom stereocenters. The second-order valence-electron chi connectivity index (χ2n) is 4.38. The molecule has 0 aliphatic rings. The molecule has 0 fully saturated rings. The fourth-order valence-corrected chi connectivity index (χ4v) is 1.99. The van der Waals surface area contributed by atoms with E-state index in [0.29, 0.717) is 5.71 Å². The predicted molar refractivity (Wildman–Crippen MR) is 84.3 cm³/mol. The summed E-state index contributed by atoms with van der Waals surface area (Å²) in [5, 5.41) is 0. The molecule has 0 heterocycles. The van der Waals surface area contributed by atoms with Crippen molar-refractivity contribution in [2.24, 2.45) is 4.99 Å². The van der Waals surface area contributed by atoms with Crippen molar-refractivity contribution in [3.63, 3.8) is 0 Å². The van der Waals surface area contributed by atoms with Gasteiger partial charge in [-0.1, -0.05) is 0 Å². The Labute approximate surface area is 136 Å². The lowest BCUT2D eigenvalue weighted by molar-refractivity contribution is 0.121. The Balaban J connectivity index is 3.26. The van der Waals surface area contributed by atoms with Crippen LogP contribution in [-0.2, 0) is 4.74 Å². The third kappa shape index (κ3) is 4.52. The van der Waals surface area contributed by atoms with Gasteiger partial charge in [-0.25, -0.2) is 19.0 Å². The van der Waals surface area contributed by atoms with Crippen LogP contribution in [0.15, 0.2) is 21.6 Å². The highest BCUT2D eigenvalue weighted by molar-refractivity contribution is 9.10. The number of halogens is 2. The van der Waals surface area contributed by atoms with E-state index in [1.165, 1.54) is 6.07 Å². The summed E-state index contributed by atoms with van der Waals surface area (Å²) in [6.07, 6.45) is -0.949. The first kappa shape index (κ1) is 18.1. The number of nitrogens with zero attached hydrogens (tertiary/aromatic N) is 2. The average molecular weight is 375 g/mol. The molecule has 0 saturated carbocycles. The van der Waals surface area contributed by atoms with Crippen LogP contribution in [0, 0.1) is 5.82 Å². The number of carbonyl (C=O) groups is 2. The van der Waals surface area contributed by atoms with Gasteiger partial charge in [0.25, 0.3) is 0 Å². The van der Waals surface area contributed by atoms with Crippen LogP contribution >= 0.6 is 15.9 Å². The number of hydrogen-bond acceptors (Lipinski definition) is 4. The van der Waals surface area contributed by atoms with Crippen molar-refractivity contribution in [3.05, 3.63) is 22.4 Å². The van der Waals surface area contributed by atoms with E-state index < -0.39 is 18.0 Å². The number of rotatable bonds is 3. The van der Waals surface area contributed by atoms with Gasteiger partial charge in [0.2, 0.25) is 0 Å². The zero-order valence-electron chi connectivity index (χ0n) is 12.6. The summed E-state index contributed by atoms with van der Waals surface area (Å²) in [6, 6.07) is 1.73. The van der Waals surface area contributed by atoms with Crippen LogP contribution in [0.4, 0.5) is 19.7 Å². The Morgan fingerprint density at radius 1 is 1.36 bits per heavy atom. The standard InChI is InChI=1S/C14H16BrFN2O4/c1-5-18(13(19)17-8(2)3)11-7-12(22-14(20)21-4)9(15)6-10(11)16/h6-7H,5H2,1-4H3. The molecule has 0 spiro atoms. The van der Waals surface area contributed by atoms with E-state index in [9.17, 15) is 14.0 Å². The third-order valence-electron chi connectivity index (χ3n) is 2.52. The lowest BCUT2D eigenvalue weighted by Crippen LogP contribution is -2.29. The second kappa shape index (κ2) is 7.88. The maximum atomic E-state index is 14.1. The van der Waals surface area contributed by atoms with Gasteiger partial charge >= 0.3 is 12.2 Å². The number of benzene rings is 1. The Morgan fingerprint density at radius 3 is 2.50 bits per heavy atom. The predicted octanol–water partition coefficient (Wildman–Crippen LogP) is 4.16. The summed E-state index contributed by atoms with van der Waals surface area (Å²) >= 11 is 3.08. The SMILES string of the molecule is CCN(C(=O)N=C(C)C)c1cc(OC(=O)OC)c(Br)cc1F. The fourth-order valence-electron chi connectivity index (χ4n) is 1.60. The van der Waals surface area contributed by atoms with Crippen LogP contribution in [0.3, 0.4) is 0 Å². The number of methoxy groups -OCH3 is 1. The fraction of sp³-hybridized carbons (Fsp3) is 0.357. The summed E-state index contributed by atoms with van der Waals surface area (Å²) in [7, 11) is 1.15. The number of carbonyl (C=O) groups excluding carboxylic acids is 2. The zero-order valence-corrected chi connectivity index (χ0v) is 14.2. The summed E-state index contributed by atoms with van der Waals surface area (Å²) in [5.41, 5.74) is 0.506. The smallest absolute Gasteiger partial charge is 0.437 e. The van der Waals surface area contributed by atoms with Crippen molar-refractivity contribution in [2.75, 3.05) is 18.6 Å². The molecule has 0 aromatic heterocycles. The first-order valence-electron chi connectivity index (χ1n) is 6.38. The van der Waals surface area contributed by atoms with Gasteiger partial charge < -0.3 is 9.47 Å². The van der Waals surface area contributed by atoms with E-state index in [0.717, 1.165) is 18.1 Å². The molecule has 0 N–H and O–H groups in total. The Kier molecular flexibility index (Phi) is 6.48. The number of ether oxygens (including phenoxy) is 2. The summed E-state index contributed by atoms with van der Waals surface area (Å²) in [4.78, 5) is 28.2. The molecule has 2 amide bonds. The number of hydrogen-bond donors (Lipinski definition) is 0. The van der Waals surface area contributed by atoms with Crippen molar-refractivity contribution in [2.45, 2.75) is 20.8 Å². The van der Waals surface area contributed by atoms with E-state index in [2.05, 4.69) is 25.7 Å². The Bertz CT molecular complexity index is 615. The Hall–Kier alpha value is -1.96. The molecule has 22 heavy (non-hydrogen) atoms. The maximum Gasteiger partial charge on any atom is 0.513 e. The van der Waals surface area contributed by atoms with Crippen LogP contribution < -0.4 is 9.64 Å². The second-order valence-corrected chi connectivity index (χ2v) is 5.23. The van der Waals surface area contributed by atoms with Crippen LogP contribution in [0.25, 0.3) is 0 Å². The van der Waals surface area contributed by atoms with Gasteiger partial charge in [0.05, 0.1) is 17.3 Å². The van der Waals surface area contributed by atoms with Crippen molar-refractivity contribution >= 4 is 39.5 Å². The molecule has 0 radical (unpaired) electrons. The number of urea groups is 1. The maximum absolute atomic E-state index is 14.1. The van der Waals surface area contributed by atoms with Crippen LogP contribution in [0.5, 0.6) is 5.75 Å². The molecule has 0 atom stereocenters. The lowest BCUT2D eigenvalue weighted by Gasteiger charge is -2.20. The molecule has 6 nitrogen and oxygen atoms in total. The molecule has 1 aromatic carbocycles. The summed E-state index contributed by atoms with van der Waals surface area (Å²) in [6.45, 7) is 5.21. The van der Waals surface area contributed by atoms with Crippen molar-refractivity contribution in [1.82, 2.24) is 0 Å². The number of amides is 2. The highest BCUT2D eigenvalue weighted by atomic mass is 79.9. The van der Waals surface area contributed by atoms with Gasteiger partial charge in [-0.15, -0.1) is 0 Å². The molecule has 1 rings (SSSR count). The van der Waals surface area contributed by atoms with Crippen molar-refractivity contribution in [3.8, 4) is 5.75 Å². The number of anilines is 1.